The second-order valence-corrected chi connectivity index (χ2v) is 11.6. The minimum absolute atomic E-state index is 0.00951. The van der Waals surface area contributed by atoms with Gasteiger partial charge in [0.05, 0.1) is 5.52 Å². The summed E-state index contributed by atoms with van der Waals surface area (Å²) in [6.45, 7) is 8.79. The van der Waals surface area contributed by atoms with Gasteiger partial charge in [0, 0.05) is 42.7 Å². The maximum absolute atomic E-state index is 13.9. The number of benzene rings is 2. The van der Waals surface area contributed by atoms with Crippen molar-refractivity contribution in [1.82, 2.24) is 30.0 Å². The number of nitrogens with one attached hydrogen (secondary N) is 1. The number of fused-ring (bicyclic) bond motifs is 1. The number of carbonyl (C=O) groups excluding carboxylic acids is 3. The van der Waals surface area contributed by atoms with E-state index in [1.807, 2.05) is 51.1 Å². The van der Waals surface area contributed by atoms with Crippen molar-refractivity contribution in [2.24, 2.45) is 5.92 Å². The second-order valence-electron chi connectivity index (χ2n) is 11.6. The molecule has 2 aromatic heterocycles. The lowest BCUT2D eigenvalue weighted by molar-refractivity contribution is -0.144. The van der Waals surface area contributed by atoms with Gasteiger partial charge in [-0.2, -0.15) is 5.10 Å². The van der Waals surface area contributed by atoms with Gasteiger partial charge in [-0.15, -0.1) is 0 Å². The van der Waals surface area contributed by atoms with Crippen molar-refractivity contribution in [1.29, 1.82) is 0 Å². The van der Waals surface area contributed by atoms with Gasteiger partial charge in [-0.3, -0.25) is 19.1 Å². The Morgan fingerprint density at radius 2 is 1.70 bits per heavy atom. The summed E-state index contributed by atoms with van der Waals surface area (Å²) in [6, 6.07) is 10.6. The number of Topliss-reactive ketones (excluding diaryl/α,β-unsaturated/α-hetero) is 1. The summed E-state index contributed by atoms with van der Waals surface area (Å²) in [6.07, 6.45) is 3.97. The largest absolute Gasteiger partial charge is 0.480 e. The number of rotatable bonds is 9. The molecular formula is C33H36N6O5. The third kappa shape index (κ3) is 6.08. The van der Waals surface area contributed by atoms with E-state index in [-0.39, 0.29) is 42.3 Å². The number of nitrogens with zero attached hydrogens (tertiary/aromatic N) is 5. The van der Waals surface area contributed by atoms with Crippen LogP contribution >= 0.6 is 0 Å². The Kier molecular flexibility index (Phi) is 8.57. The number of hydrogen-bond donors (Lipinski definition) is 2. The van der Waals surface area contributed by atoms with Crippen LogP contribution in [0.1, 0.15) is 54.6 Å². The summed E-state index contributed by atoms with van der Waals surface area (Å²) >= 11 is 0. The van der Waals surface area contributed by atoms with Gasteiger partial charge in [0.1, 0.15) is 30.1 Å². The predicted octanol–water partition coefficient (Wildman–Crippen LogP) is 3.75. The molecule has 0 radical (unpaired) electrons. The fraction of sp³-hybridized carbons (Fsp3) is 0.364. The Labute approximate surface area is 255 Å². The van der Waals surface area contributed by atoms with Crippen molar-refractivity contribution in [3.05, 3.63) is 77.5 Å². The van der Waals surface area contributed by atoms with Crippen molar-refractivity contribution in [2.45, 2.75) is 72.1 Å². The fourth-order valence-corrected chi connectivity index (χ4v) is 5.99. The summed E-state index contributed by atoms with van der Waals surface area (Å²) in [7, 11) is 0. The molecule has 4 atom stereocenters. The van der Waals surface area contributed by atoms with Crippen LogP contribution < -0.4 is 5.32 Å². The van der Waals surface area contributed by atoms with E-state index in [9.17, 15) is 24.3 Å². The number of aromatic nitrogens is 4. The summed E-state index contributed by atoms with van der Waals surface area (Å²) < 4.78 is 1.53. The number of ketones is 1. The molecule has 2 amide bonds. The van der Waals surface area contributed by atoms with Gasteiger partial charge >= 0.3 is 5.97 Å². The van der Waals surface area contributed by atoms with Crippen LogP contribution in [0.2, 0.25) is 0 Å². The van der Waals surface area contributed by atoms with Crippen LogP contribution in [-0.4, -0.2) is 71.4 Å². The quantitative estimate of drug-likeness (QED) is 0.278. The van der Waals surface area contributed by atoms with E-state index >= 15 is 0 Å². The molecule has 4 aromatic rings. The fourth-order valence-electron chi connectivity index (χ4n) is 5.99. The van der Waals surface area contributed by atoms with Crippen LogP contribution in [0.5, 0.6) is 0 Å². The molecule has 0 unspecified atom stereocenters. The molecule has 44 heavy (non-hydrogen) atoms. The lowest BCUT2D eigenvalue weighted by Gasteiger charge is -2.29. The smallest absolute Gasteiger partial charge is 0.326 e. The zero-order valence-corrected chi connectivity index (χ0v) is 25.4. The van der Waals surface area contributed by atoms with E-state index in [0.29, 0.717) is 23.1 Å². The van der Waals surface area contributed by atoms with E-state index < -0.39 is 24.0 Å². The molecule has 5 rings (SSSR count). The molecule has 11 nitrogen and oxygen atoms in total. The van der Waals surface area contributed by atoms with Gasteiger partial charge in [-0.25, -0.2) is 14.8 Å². The summed E-state index contributed by atoms with van der Waals surface area (Å²) in [5, 5.41) is 17.7. The number of carboxylic acid groups (broad SMARTS) is 1. The van der Waals surface area contributed by atoms with Crippen LogP contribution in [0, 0.1) is 19.8 Å². The second kappa shape index (κ2) is 12.4. The number of hydrogen-bond acceptors (Lipinski definition) is 7. The van der Waals surface area contributed by atoms with E-state index in [4.69, 9.17) is 0 Å². The Bertz CT molecular complexity index is 1730. The molecule has 1 aliphatic rings. The minimum atomic E-state index is -1.15. The number of aliphatic carboxylic acids is 1. The lowest BCUT2D eigenvalue weighted by atomic mass is 10.0. The number of carbonyl (C=O) groups is 4. The third-order valence-corrected chi connectivity index (χ3v) is 8.45. The average Bonchev–Trinajstić information content (AvgIpc) is 3.50. The first-order valence-corrected chi connectivity index (χ1v) is 14.6. The number of aryl methyl sites for hydroxylation is 2. The Balaban J connectivity index is 1.43. The summed E-state index contributed by atoms with van der Waals surface area (Å²) in [5.41, 5.74) is 4.10. The highest BCUT2D eigenvalue weighted by Crippen LogP contribution is 2.32. The van der Waals surface area contributed by atoms with Gasteiger partial charge in [0.2, 0.25) is 11.8 Å². The maximum atomic E-state index is 13.9. The molecule has 0 spiro atoms. The maximum Gasteiger partial charge on any atom is 0.326 e. The normalized spacial score (nSPS) is 18.8. The van der Waals surface area contributed by atoms with Crippen LogP contribution in [0.15, 0.2) is 54.9 Å². The molecule has 3 heterocycles. The first-order chi connectivity index (χ1) is 20.9. The Morgan fingerprint density at radius 1 is 1.02 bits per heavy atom. The number of carboxylic acids is 1. The van der Waals surface area contributed by atoms with E-state index in [0.717, 1.165) is 22.3 Å². The molecule has 0 saturated carbocycles. The van der Waals surface area contributed by atoms with Crippen molar-refractivity contribution < 1.29 is 24.3 Å². The van der Waals surface area contributed by atoms with Gasteiger partial charge in [-0.05, 0) is 61.9 Å². The molecule has 1 aliphatic heterocycles. The van der Waals surface area contributed by atoms with Gasteiger partial charge in [-0.1, -0.05) is 37.3 Å². The number of amides is 2. The third-order valence-electron chi connectivity index (χ3n) is 8.45. The molecule has 1 fully saturated rings. The van der Waals surface area contributed by atoms with Crippen molar-refractivity contribution >= 4 is 34.5 Å². The molecule has 0 bridgehead atoms. The van der Waals surface area contributed by atoms with Crippen molar-refractivity contribution in [3.63, 3.8) is 0 Å². The van der Waals surface area contributed by atoms with Crippen molar-refractivity contribution in [2.75, 3.05) is 0 Å². The molecule has 0 aliphatic carbocycles. The monoisotopic (exact) mass is 596 g/mol. The molecule has 2 N–H and O–H groups in total. The first kappa shape index (κ1) is 30.5. The Morgan fingerprint density at radius 3 is 2.34 bits per heavy atom. The average molecular weight is 597 g/mol. The minimum Gasteiger partial charge on any atom is -0.480 e. The standard InChI is InChI=1S/C33H36N6O5/c1-18-12-28(32(42)36-27(33(43)44)13-23-9-7-6-8-10-23)39(20(18)3)29(41)17-38-31-19(2)11-24(25-15-34-22(5)35-16-25)14-26(31)30(37-38)21(4)40/h6-11,14-16,18,20,27-28H,12-13,17H2,1-5H3,(H,36,42)(H,43,44)/t18-,20+,27-,28-/m0/s1. The highest BCUT2D eigenvalue weighted by atomic mass is 16.4. The zero-order chi connectivity index (χ0) is 31.7. The van der Waals surface area contributed by atoms with Crippen molar-refractivity contribution in [3.8, 4) is 11.1 Å². The SMILES string of the molecule is CC(=O)c1nn(CC(=O)N2[C@H](C)[C@@H](C)C[C@H]2C(=O)N[C@@H](Cc2ccccc2)C(=O)O)c2c(C)cc(-c3cnc(C)nc3)cc12. The topological polar surface area (TPSA) is 147 Å². The molecule has 1 saturated heterocycles. The predicted molar refractivity (Wildman–Crippen MR) is 164 cm³/mol. The number of likely N-dealkylation sites (tertiary alicyclic amines) is 1. The molecule has 228 valence electrons. The highest BCUT2D eigenvalue weighted by Gasteiger charge is 2.44. The van der Waals surface area contributed by atoms with E-state index in [1.165, 1.54) is 16.5 Å². The van der Waals surface area contributed by atoms with Crippen LogP contribution in [0.4, 0.5) is 0 Å². The lowest BCUT2D eigenvalue weighted by Crippen LogP contribution is -2.53. The summed E-state index contributed by atoms with van der Waals surface area (Å²) in [5.74, 6) is -1.58. The highest BCUT2D eigenvalue weighted by molar-refractivity contribution is 6.07. The molecule has 2 aromatic carbocycles. The molecule has 11 heteroatoms. The summed E-state index contributed by atoms with van der Waals surface area (Å²) in [4.78, 5) is 62.2. The van der Waals surface area contributed by atoms with Crippen LogP contribution in [0.3, 0.4) is 0 Å². The van der Waals surface area contributed by atoms with E-state index in [1.54, 1.807) is 31.5 Å². The Hall–Kier alpha value is -4.93. The first-order valence-electron chi connectivity index (χ1n) is 14.6. The molecular weight excluding hydrogens is 560 g/mol. The van der Waals surface area contributed by atoms with Gasteiger partial charge in [0.15, 0.2) is 5.78 Å². The zero-order valence-electron chi connectivity index (χ0n) is 25.4. The van der Waals surface area contributed by atoms with Gasteiger partial charge < -0.3 is 15.3 Å². The van der Waals surface area contributed by atoms with Crippen LogP contribution in [-0.2, 0) is 27.3 Å². The van der Waals surface area contributed by atoms with Gasteiger partial charge in [0.25, 0.3) is 0 Å². The van der Waals surface area contributed by atoms with E-state index in [2.05, 4.69) is 20.4 Å². The van der Waals surface area contributed by atoms with Crippen LogP contribution in [0.25, 0.3) is 22.0 Å².